The van der Waals surface area contributed by atoms with Crippen LogP contribution in [0.3, 0.4) is 0 Å². The zero-order chi connectivity index (χ0) is 15.4. The van der Waals surface area contributed by atoms with Gasteiger partial charge in [0.15, 0.2) is 5.82 Å². The second-order valence-electron chi connectivity index (χ2n) is 4.21. The van der Waals surface area contributed by atoms with E-state index in [0.717, 1.165) is 0 Å². The van der Waals surface area contributed by atoms with Gasteiger partial charge in [-0.25, -0.2) is 4.39 Å². The maximum Gasteiger partial charge on any atom is 0.261 e. The van der Waals surface area contributed by atoms with E-state index in [4.69, 9.17) is 22.1 Å². The Hall–Kier alpha value is -2.27. The Morgan fingerprint density at radius 2 is 2.05 bits per heavy atom. The lowest BCUT2D eigenvalue weighted by molar-refractivity contribution is 0.102. The lowest BCUT2D eigenvalue weighted by Crippen LogP contribution is -2.16. The Morgan fingerprint density at radius 1 is 1.33 bits per heavy atom. The average molecular weight is 309 g/mol. The number of ether oxygens (including phenoxy) is 1. The first kappa shape index (κ1) is 15.1. The molecule has 0 heterocycles. The molecule has 2 rings (SSSR count). The molecule has 0 saturated carbocycles. The van der Waals surface area contributed by atoms with Crippen molar-refractivity contribution in [1.29, 1.82) is 0 Å². The van der Waals surface area contributed by atoms with Gasteiger partial charge in [-0.2, -0.15) is 0 Å². The number of nitrogen functional groups attached to an aromatic ring is 1. The number of halogens is 2. The van der Waals surface area contributed by atoms with Crippen molar-refractivity contribution in [2.75, 3.05) is 17.7 Å². The molecule has 0 atom stereocenters. The summed E-state index contributed by atoms with van der Waals surface area (Å²) in [7, 11) is 0. The van der Waals surface area contributed by atoms with Gasteiger partial charge in [-0.1, -0.05) is 23.7 Å². The average Bonchev–Trinajstić information content (AvgIpc) is 2.44. The highest BCUT2D eigenvalue weighted by molar-refractivity contribution is 6.31. The molecule has 0 saturated heterocycles. The first-order valence-electron chi connectivity index (χ1n) is 6.31. The summed E-state index contributed by atoms with van der Waals surface area (Å²) >= 11 is 5.68. The van der Waals surface area contributed by atoms with Crippen molar-refractivity contribution in [1.82, 2.24) is 0 Å². The largest absolute Gasteiger partial charge is 0.493 e. The molecule has 110 valence electrons. The van der Waals surface area contributed by atoms with Crippen molar-refractivity contribution in [2.45, 2.75) is 6.92 Å². The van der Waals surface area contributed by atoms with E-state index < -0.39 is 11.7 Å². The molecule has 0 aromatic heterocycles. The molecule has 3 N–H and O–H groups in total. The molecule has 0 radical (unpaired) electrons. The summed E-state index contributed by atoms with van der Waals surface area (Å²) in [6.45, 7) is 2.18. The Balaban J connectivity index is 2.35. The SMILES string of the molecule is CCOc1cccc(N)c1C(=O)Nc1cccc(Cl)c1F. The van der Waals surface area contributed by atoms with Gasteiger partial charge in [0.1, 0.15) is 11.3 Å². The molecule has 2 aromatic rings. The molecular weight excluding hydrogens is 295 g/mol. The molecule has 0 fully saturated rings. The summed E-state index contributed by atoms with van der Waals surface area (Å²) in [5.74, 6) is -0.907. The van der Waals surface area contributed by atoms with Crippen molar-refractivity contribution in [3.05, 3.63) is 52.8 Å². The van der Waals surface area contributed by atoms with Crippen LogP contribution in [-0.2, 0) is 0 Å². The first-order chi connectivity index (χ1) is 10.0. The fourth-order valence-corrected chi connectivity index (χ4v) is 2.03. The van der Waals surface area contributed by atoms with Crippen molar-refractivity contribution in [2.24, 2.45) is 0 Å². The Labute approximate surface area is 126 Å². The van der Waals surface area contributed by atoms with E-state index in [1.165, 1.54) is 12.1 Å². The van der Waals surface area contributed by atoms with Crippen LogP contribution in [0.1, 0.15) is 17.3 Å². The number of nitrogens with one attached hydrogen (secondary N) is 1. The van der Waals surface area contributed by atoms with Crippen molar-refractivity contribution in [3.63, 3.8) is 0 Å². The van der Waals surface area contributed by atoms with Crippen molar-refractivity contribution in [3.8, 4) is 5.75 Å². The van der Waals surface area contributed by atoms with Crippen LogP contribution in [0.4, 0.5) is 15.8 Å². The third kappa shape index (κ3) is 3.25. The second-order valence-corrected chi connectivity index (χ2v) is 4.62. The van der Waals surface area contributed by atoms with E-state index in [2.05, 4.69) is 5.32 Å². The normalized spacial score (nSPS) is 10.2. The molecule has 0 aliphatic carbocycles. The standard InChI is InChI=1S/C15H14ClFN2O2/c1-2-21-12-8-4-6-10(18)13(12)15(20)19-11-7-3-5-9(16)14(11)17/h3-8H,2,18H2,1H3,(H,19,20). The topological polar surface area (TPSA) is 64.3 Å². The quantitative estimate of drug-likeness (QED) is 0.846. The molecule has 0 unspecified atom stereocenters. The van der Waals surface area contributed by atoms with Gasteiger partial charge in [0, 0.05) is 5.69 Å². The number of benzene rings is 2. The third-order valence-electron chi connectivity index (χ3n) is 2.79. The number of amides is 1. The zero-order valence-electron chi connectivity index (χ0n) is 11.3. The molecule has 6 heteroatoms. The number of carbonyl (C=O) groups excluding carboxylic acids is 1. The third-order valence-corrected chi connectivity index (χ3v) is 3.08. The maximum absolute atomic E-state index is 13.8. The summed E-state index contributed by atoms with van der Waals surface area (Å²) in [6.07, 6.45) is 0. The van der Waals surface area contributed by atoms with E-state index in [-0.39, 0.29) is 22.0 Å². The van der Waals surface area contributed by atoms with Gasteiger partial charge in [0.25, 0.3) is 5.91 Å². The smallest absolute Gasteiger partial charge is 0.261 e. The molecule has 1 amide bonds. The number of carbonyl (C=O) groups is 1. The van der Waals surface area contributed by atoms with Crippen LogP contribution in [-0.4, -0.2) is 12.5 Å². The molecule has 0 aliphatic rings. The van der Waals surface area contributed by atoms with Crippen LogP contribution in [0.25, 0.3) is 0 Å². The monoisotopic (exact) mass is 308 g/mol. The summed E-state index contributed by atoms with van der Waals surface area (Å²) in [5.41, 5.74) is 6.21. The number of hydrogen-bond acceptors (Lipinski definition) is 3. The van der Waals surface area contributed by atoms with Crippen molar-refractivity contribution < 1.29 is 13.9 Å². The highest BCUT2D eigenvalue weighted by atomic mass is 35.5. The molecule has 0 spiro atoms. The van der Waals surface area contributed by atoms with Gasteiger partial charge in [-0.3, -0.25) is 4.79 Å². The molecule has 21 heavy (non-hydrogen) atoms. The summed E-state index contributed by atoms with van der Waals surface area (Å²) < 4.78 is 19.2. The predicted octanol–water partition coefficient (Wildman–Crippen LogP) is 3.71. The number of rotatable bonds is 4. The van der Waals surface area contributed by atoms with Crippen LogP contribution in [0.15, 0.2) is 36.4 Å². The lowest BCUT2D eigenvalue weighted by Gasteiger charge is -2.13. The summed E-state index contributed by atoms with van der Waals surface area (Å²) in [5, 5.41) is 2.38. The van der Waals surface area contributed by atoms with Crippen LogP contribution in [0.2, 0.25) is 5.02 Å². The fraction of sp³-hybridized carbons (Fsp3) is 0.133. The van der Waals surface area contributed by atoms with Crippen molar-refractivity contribution >= 4 is 28.9 Å². The number of anilines is 2. The molecule has 0 aliphatic heterocycles. The van der Waals surface area contributed by atoms with Gasteiger partial charge in [-0.05, 0) is 31.2 Å². The van der Waals surface area contributed by atoms with Crippen LogP contribution in [0, 0.1) is 5.82 Å². The lowest BCUT2D eigenvalue weighted by atomic mass is 10.1. The van der Waals surface area contributed by atoms with Crippen LogP contribution >= 0.6 is 11.6 Å². The second kappa shape index (κ2) is 6.45. The zero-order valence-corrected chi connectivity index (χ0v) is 12.1. The molecule has 2 aromatic carbocycles. The predicted molar refractivity (Wildman–Crippen MR) is 81.4 cm³/mol. The van der Waals surface area contributed by atoms with Crippen LogP contribution < -0.4 is 15.8 Å². The van der Waals surface area contributed by atoms with Crippen LogP contribution in [0.5, 0.6) is 5.75 Å². The summed E-state index contributed by atoms with van der Waals surface area (Å²) in [4.78, 5) is 12.3. The van der Waals surface area contributed by atoms with Gasteiger partial charge in [-0.15, -0.1) is 0 Å². The Bertz CT molecular complexity index is 677. The van der Waals surface area contributed by atoms with E-state index in [1.807, 2.05) is 0 Å². The minimum atomic E-state index is -0.694. The van der Waals surface area contributed by atoms with Gasteiger partial charge in [0.2, 0.25) is 0 Å². The highest BCUT2D eigenvalue weighted by Gasteiger charge is 2.18. The van der Waals surface area contributed by atoms with Gasteiger partial charge >= 0.3 is 0 Å². The number of hydrogen-bond donors (Lipinski definition) is 2. The molecular formula is C15H14ClFN2O2. The number of nitrogens with two attached hydrogens (primary N) is 1. The van der Waals surface area contributed by atoms with E-state index in [9.17, 15) is 9.18 Å². The van der Waals surface area contributed by atoms with E-state index in [1.54, 1.807) is 31.2 Å². The van der Waals surface area contributed by atoms with E-state index in [0.29, 0.717) is 12.4 Å². The van der Waals surface area contributed by atoms with E-state index >= 15 is 0 Å². The Morgan fingerprint density at radius 3 is 2.76 bits per heavy atom. The molecule has 0 bridgehead atoms. The minimum absolute atomic E-state index is 0.0156. The molecule has 4 nitrogen and oxygen atoms in total. The maximum atomic E-state index is 13.8. The Kier molecular flexibility index (Phi) is 4.65. The van der Waals surface area contributed by atoms with Gasteiger partial charge in [0.05, 0.1) is 17.3 Å². The summed E-state index contributed by atoms with van der Waals surface area (Å²) in [6, 6.07) is 9.23. The fourth-order valence-electron chi connectivity index (χ4n) is 1.85. The highest BCUT2D eigenvalue weighted by Crippen LogP contribution is 2.27. The van der Waals surface area contributed by atoms with Gasteiger partial charge < -0.3 is 15.8 Å². The minimum Gasteiger partial charge on any atom is -0.493 e. The first-order valence-corrected chi connectivity index (χ1v) is 6.69.